The first-order valence-electron chi connectivity index (χ1n) is 19.2. The Morgan fingerprint density at radius 2 is 1.15 bits per heavy atom. The number of allylic oxidation sites excluding steroid dienone is 3. The Balaban J connectivity index is 4.40. The lowest BCUT2D eigenvalue weighted by atomic mass is 10.1. The van der Waals surface area contributed by atoms with Crippen LogP contribution in [-0.4, -0.2) is 73.4 Å². The molecular weight excluding hydrogens is 611 g/mol. The number of nitrogens with one attached hydrogen (secondary N) is 1. The Kier molecular flexibility index (Phi) is 30.3. The number of likely N-dealkylation sites (N-methyl/N-ethyl adjacent to an activating group) is 1. The van der Waals surface area contributed by atoms with Crippen molar-refractivity contribution in [1.82, 2.24) is 5.32 Å². The smallest absolute Gasteiger partial charge is 0.387 e. The van der Waals surface area contributed by atoms with Crippen molar-refractivity contribution in [2.24, 2.45) is 0 Å². The normalized spacial score (nSPS) is 15.0. The van der Waals surface area contributed by atoms with Crippen LogP contribution in [-0.2, 0) is 18.4 Å². The minimum atomic E-state index is -4.32. The van der Waals surface area contributed by atoms with Gasteiger partial charge in [0.2, 0.25) is 5.91 Å². The van der Waals surface area contributed by atoms with Crippen molar-refractivity contribution in [3.63, 3.8) is 0 Å². The zero-order valence-corrected chi connectivity index (χ0v) is 32.2. The fraction of sp³-hybridized carbons (Fsp3) is 0.868. The summed E-state index contributed by atoms with van der Waals surface area (Å²) in [6.07, 6.45) is 33.9. The van der Waals surface area contributed by atoms with Gasteiger partial charge in [-0.1, -0.05) is 134 Å². The number of carbonyl (C=O) groups is 1. The van der Waals surface area contributed by atoms with Crippen molar-refractivity contribution in [3.05, 3.63) is 24.3 Å². The summed E-state index contributed by atoms with van der Waals surface area (Å²) in [7, 11) is 1.56. The largest absolute Gasteiger partial charge is 0.472 e. The molecule has 3 unspecified atom stereocenters. The summed E-state index contributed by atoms with van der Waals surface area (Å²) in [5.74, 6) is -0.187. The van der Waals surface area contributed by atoms with E-state index in [1.807, 2.05) is 27.2 Å². The summed E-state index contributed by atoms with van der Waals surface area (Å²) in [6, 6.07) is -0.842. The number of hydrogen-bond acceptors (Lipinski definition) is 5. The van der Waals surface area contributed by atoms with E-state index in [-0.39, 0.29) is 19.1 Å². The number of hydrogen-bond donors (Lipinski definition) is 3. The van der Waals surface area contributed by atoms with E-state index in [1.54, 1.807) is 6.08 Å². The maximum atomic E-state index is 12.8. The first kappa shape index (κ1) is 46.0. The predicted octanol–water partition coefficient (Wildman–Crippen LogP) is 9.80. The average molecular weight is 688 g/mol. The fourth-order valence-electron chi connectivity index (χ4n) is 5.27. The highest BCUT2D eigenvalue weighted by Gasteiger charge is 2.27. The van der Waals surface area contributed by atoms with E-state index in [2.05, 4.69) is 31.3 Å². The van der Waals surface area contributed by atoms with E-state index in [0.29, 0.717) is 17.4 Å². The minimum absolute atomic E-state index is 0.0609. The molecule has 1 amide bonds. The number of amides is 1. The third-order valence-corrected chi connectivity index (χ3v) is 9.40. The van der Waals surface area contributed by atoms with Crippen LogP contribution in [0.5, 0.6) is 0 Å². The lowest BCUT2D eigenvalue weighted by Gasteiger charge is -2.25. The molecule has 0 aliphatic heterocycles. The van der Waals surface area contributed by atoms with Gasteiger partial charge in [-0.2, -0.15) is 0 Å². The zero-order valence-electron chi connectivity index (χ0n) is 31.3. The number of carbonyl (C=O) groups excluding carboxylic acids is 1. The second kappa shape index (κ2) is 31.0. The van der Waals surface area contributed by atoms with Crippen LogP contribution in [0, 0.1) is 0 Å². The highest BCUT2D eigenvalue weighted by atomic mass is 31.2. The molecule has 0 radical (unpaired) electrons. The molecule has 0 aliphatic rings. The van der Waals surface area contributed by atoms with E-state index in [0.717, 1.165) is 38.5 Å². The maximum absolute atomic E-state index is 12.8. The Bertz CT molecular complexity index is 829. The lowest BCUT2D eigenvalue weighted by molar-refractivity contribution is -0.870. The van der Waals surface area contributed by atoms with Gasteiger partial charge < -0.3 is 19.8 Å². The predicted molar refractivity (Wildman–Crippen MR) is 198 cm³/mol. The van der Waals surface area contributed by atoms with Crippen molar-refractivity contribution in [2.75, 3.05) is 40.9 Å². The van der Waals surface area contributed by atoms with Crippen molar-refractivity contribution >= 4 is 13.7 Å². The molecule has 0 aromatic carbocycles. The summed E-state index contributed by atoms with van der Waals surface area (Å²) >= 11 is 0. The standard InChI is InChI=1S/C38H75N2O6P/c1-6-8-10-12-14-16-17-18-19-20-21-22-23-24-26-28-30-32-38(42)39-36(35-46-47(43,44)45-34-33-40(3,4)5)37(41)31-29-27-25-15-13-11-9-7-2/h18-19,29,31,36-37,41H,6-17,20-28,30,32-35H2,1-5H3,(H-,39,42,43,44)/p+1/b19-18-,31-29+. The topological polar surface area (TPSA) is 105 Å². The number of aliphatic hydroxyl groups excluding tert-OH is 1. The molecule has 278 valence electrons. The number of quaternary nitrogens is 1. The van der Waals surface area contributed by atoms with Gasteiger partial charge >= 0.3 is 7.82 Å². The SMILES string of the molecule is CCCCCCCC/C=C\CCCCCCCCCC(=O)NC(COP(=O)(O)OCC[N+](C)(C)C)C(O)/C=C/CCCCCCCC. The number of aliphatic hydroxyl groups is 1. The highest BCUT2D eigenvalue weighted by Crippen LogP contribution is 2.43. The Labute approximate surface area is 290 Å². The van der Waals surface area contributed by atoms with Crippen LogP contribution in [0.2, 0.25) is 0 Å². The minimum Gasteiger partial charge on any atom is -0.387 e. The van der Waals surface area contributed by atoms with Gasteiger partial charge in [0.1, 0.15) is 13.2 Å². The molecule has 0 aliphatic carbocycles. The van der Waals surface area contributed by atoms with E-state index < -0.39 is 20.0 Å². The summed E-state index contributed by atoms with van der Waals surface area (Å²) in [5, 5.41) is 13.7. The number of unbranched alkanes of at least 4 members (excludes halogenated alkanes) is 19. The molecule has 0 aromatic rings. The molecule has 9 heteroatoms. The van der Waals surface area contributed by atoms with Gasteiger partial charge in [-0.15, -0.1) is 0 Å². The van der Waals surface area contributed by atoms with Crippen LogP contribution in [0.1, 0.15) is 162 Å². The van der Waals surface area contributed by atoms with Gasteiger partial charge in [0.05, 0.1) is 39.9 Å². The molecule has 0 aromatic heterocycles. The first-order chi connectivity index (χ1) is 22.5. The second-order valence-corrected chi connectivity index (χ2v) is 15.8. The zero-order chi connectivity index (χ0) is 35.1. The maximum Gasteiger partial charge on any atom is 0.472 e. The van der Waals surface area contributed by atoms with Crippen molar-refractivity contribution in [3.8, 4) is 0 Å². The number of phosphoric acid groups is 1. The lowest BCUT2D eigenvalue weighted by Crippen LogP contribution is -2.45. The van der Waals surface area contributed by atoms with Crippen LogP contribution in [0.4, 0.5) is 0 Å². The number of phosphoric ester groups is 1. The van der Waals surface area contributed by atoms with Crippen LogP contribution >= 0.6 is 7.82 Å². The van der Waals surface area contributed by atoms with Crippen LogP contribution in [0.15, 0.2) is 24.3 Å². The van der Waals surface area contributed by atoms with Crippen LogP contribution < -0.4 is 5.32 Å². The third kappa shape index (κ3) is 33.3. The molecule has 0 spiro atoms. The van der Waals surface area contributed by atoms with E-state index in [4.69, 9.17) is 9.05 Å². The van der Waals surface area contributed by atoms with E-state index >= 15 is 0 Å². The first-order valence-corrected chi connectivity index (χ1v) is 20.7. The molecule has 0 saturated carbocycles. The quantitative estimate of drug-likeness (QED) is 0.0269. The molecule has 0 saturated heterocycles. The van der Waals surface area contributed by atoms with Gasteiger partial charge in [0, 0.05) is 6.42 Å². The number of nitrogens with zero attached hydrogens (tertiary/aromatic N) is 1. The molecule has 8 nitrogen and oxygen atoms in total. The van der Waals surface area contributed by atoms with Crippen LogP contribution in [0.3, 0.4) is 0 Å². The molecule has 3 atom stereocenters. The Morgan fingerprint density at radius 3 is 1.64 bits per heavy atom. The molecule has 0 bridgehead atoms. The van der Waals surface area contributed by atoms with E-state index in [9.17, 15) is 19.4 Å². The third-order valence-electron chi connectivity index (χ3n) is 8.42. The van der Waals surface area contributed by atoms with Crippen LogP contribution in [0.25, 0.3) is 0 Å². The Morgan fingerprint density at radius 1 is 0.702 bits per heavy atom. The van der Waals surface area contributed by atoms with Gasteiger partial charge in [0.15, 0.2) is 0 Å². The molecule has 3 N–H and O–H groups in total. The van der Waals surface area contributed by atoms with Crippen molar-refractivity contribution < 1.29 is 32.9 Å². The molecule has 47 heavy (non-hydrogen) atoms. The fourth-order valence-corrected chi connectivity index (χ4v) is 6.00. The van der Waals surface area contributed by atoms with Gasteiger partial charge in [-0.3, -0.25) is 13.8 Å². The Hall–Kier alpha value is -1.02. The molecule has 0 fully saturated rings. The highest BCUT2D eigenvalue weighted by molar-refractivity contribution is 7.47. The average Bonchev–Trinajstić information content (AvgIpc) is 3.01. The van der Waals surface area contributed by atoms with Gasteiger partial charge in [-0.25, -0.2) is 4.57 Å². The molecular formula is C38H76N2O6P+. The number of rotatable bonds is 34. The summed E-state index contributed by atoms with van der Waals surface area (Å²) in [4.78, 5) is 22.9. The molecule has 0 rings (SSSR count). The van der Waals surface area contributed by atoms with Crippen molar-refractivity contribution in [2.45, 2.75) is 174 Å². The van der Waals surface area contributed by atoms with Crippen molar-refractivity contribution in [1.29, 1.82) is 0 Å². The second-order valence-electron chi connectivity index (χ2n) is 14.3. The monoisotopic (exact) mass is 688 g/mol. The summed E-state index contributed by atoms with van der Waals surface area (Å²) in [5.41, 5.74) is 0. The summed E-state index contributed by atoms with van der Waals surface area (Å²) in [6.45, 7) is 4.74. The van der Waals surface area contributed by atoms with Gasteiger partial charge in [0.25, 0.3) is 0 Å². The molecule has 0 heterocycles. The van der Waals surface area contributed by atoms with E-state index in [1.165, 1.54) is 103 Å². The summed E-state index contributed by atoms with van der Waals surface area (Å²) < 4.78 is 23.4. The van der Waals surface area contributed by atoms with Gasteiger partial charge in [-0.05, 0) is 44.9 Å².